The van der Waals surface area contributed by atoms with Gasteiger partial charge < -0.3 is 5.32 Å². The highest BCUT2D eigenvalue weighted by Gasteiger charge is 2.11. The second-order valence-corrected chi connectivity index (χ2v) is 5.80. The highest BCUT2D eigenvalue weighted by Crippen LogP contribution is 2.11. The van der Waals surface area contributed by atoms with Crippen LogP contribution in [-0.2, 0) is 11.3 Å². The summed E-state index contributed by atoms with van der Waals surface area (Å²) in [4.78, 5) is 14.5. The van der Waals surface area contributed by atoms with Crippen molar-refractivity contribution in [1.82, 2.24) is 10.2 Å². The largest absolute Gasteiger partial charge is 0.350 e. The summed E-state index contributed by atoms with van der Waals surface area (Å²) in [5.41, 5.74) is 2.42. The van der Waals surface area contributed by atoms with Crippen molar-refractivity contribution in [2.24, 2.45) is 0 Å². The molecule has 1 N–H and O–H groups in total. The third-order valence-electron chi connectivity index (χ3n) is 4.03. The lowest BCUT2D eigenvalue weighted by Gasteiger charge is -2.21. The van der Waals surface area contributed by atoms with E-state index >= 15 is 0 Å². The molecule has 0 bridgehead atoms. The molecule has 0 saturated heterocycles. The van der Waals surface area contributed by atoms with E-state index in [0.717, 1.165) is 25.2 Å². The van der Waals surface area contributed by atoms with E-state index in [0.29, 0.717) is 6.42 Å². The van der Waals surface area contributed by atoms with Crippen molar-refractivity contribution in [2.45, 2.75) is 32.9 Å². The van der Waals surface area contributed by atoms with Gasteiger partial charge in [0, 0.05) is 19.5 Å². The summed E-state index contributed by atoms with van der Waals surface area (Å²) in [6.45, 7) is 6.76. The Morgan fingerprint density at radius 3 is 2.26 bits per heavy atom. The molecule has 0 radical (unpaired) electrons. The maximum Gasteiger partial charge on any atom is 0.221 e. The van der Waals surface area contributed by atoms with Crippen molar-refractivity contribution in [2.75, 3.05) is 13.1 Å². The van der Waals surface area contributed by atoms with Crippen molar-refractivity contribution in [1.29, 1.82) is 0 Å². The van der Waals surface area contributed by atoms with Gasteiger partial charge in [0.2, 0.25) is 5.91 Å². The average molecular weight is 310 g/mol. The van der Waals surface area contributed by atoms with E-state index < -0.39 is 0 Å². The zero-order chi connectivity index (χ0) is 16.5. The van der Waals surface area contributed by atoms with Gasteiger partial charge in [-0.1, -0.05) is 67.6 Å². The summed E-state index contributed by atoms with van der Waals surface area (Å²) in [5, 5.41) is 3.07. The predicted molar refractivity (Wildman–Crippen MR) is 95.0 cm³/mol. The number of nitrogens with one attached hydrogen (secondary N) is 1. The van der Waals surface area contributed by atoms with Crippen LogP contribution in [0.5, 0.6) is 0 Å². The first-order valence-electron chi connectivity index (χ1n) is 8.29. The fraction of sp³-hybridized carbons (Fsp3) is 0.350. The van der Waals surface area contributed by atoms with Crippen LogP contribution in [0.2, 0.25) is 0 Å². The van der Waals surface area contributed by atoms with E-state index in [1.807, 2.05) is 43.3 Å². The maximum absolute atomic E-state index is 12.2. The Morgan fingerprint density at radius 1 is 1.04 bits per heavy atom. The molecule has 0 fully saturated rings. The molecular formula is C20H26N2O. The molecule has 2 aromatic carbocycles. The van der Waals surface area contributed by atoms with Crippen molar-refractivity contribution >= 4 is 5.91 Å². The normalized spacial score (nSPS) is 12.1. The minimum Gasteiger partial charge on any atom is -0.350 e. The Balaban J connectivity index is 1.78. The highest BCUT2D eigenvalue weighted by atomic mass is 16.1. The standard InChI is InChI=1S/C20H26N2O/c1-3-22(16-18-10-6-4-7-11-18)15-14-20(23)21-17(2)19-12-8-5-9-13-19/h4-13,17H,3,14-16H2,1-2H3,(H,21,23). The first-order valence-corrected chi connectivity index (χ1v) is 8.29. The molecule has 3 nitrogen and oxygen atoms in total. The molecule has 3 heteroatoms. The van der Waals surface area contributed by atoms with E-state index in [1.165, 1.54) is 5.56 Å². The SMILES string of the molecule is CCN(CCC(=O)NC(C)c1ccccc1)Cc1ccccc1. The first-order chi connectivity index (χ1) is 11.2. The second-order valence-electron chi connectivity index (χ2n) is 5.80. The number of amides is 1. The first kappa shape index (κ1) is 17.2. The van der Waals surface area contributed by atoms with Crippen molar-refractivity contribution < 1.29 is 4.79 Å². The summed E-state index contributed by atoms with van der Waals surface area (Å²) in [7, 11) is 0. The van der Waals surface area contributed by atoms with Gasteiger partial charge >= 0.3 is 0 Å². The number of hydrogen-bond acceptors (Lipinski definition) is 2. The van der Waals surface area contributed by atoms with Crippen molar-refractivity contribution in [3.05, 3.63) is 71.8 Å². The van der Waals surface area contributed by atoms with Gasteiger partial charge in [0.05, 0.1) is 6.04 Å². The van der Waals surface area contributed by atoms with Crippen LogP contribution in [0.1, 0.15) is 37.4 Å². The number of carbonyl (C=O) groups is 1. The molecule has 0 spiro atoms. The Bertz CT molecular complexity index is 583. The predicted octanol–water partition coefficient (Wildman–Crippen LogP) is 3.78. The topological polar surface area (TPSA) is 32.3 Å². The van der Waals surface area contributed by atoms with E-state index in [-0.39, 0.29) is 11.9 Å². The number of nitrogens with zero attached hydrogens (tertiary/aromatic N) is 1. The molecule has 0 aliphatic carbocycles. The summed E-state index contributed by atoms with van der Waals surface area (Å²) < 4.78 is 0. The Hall–Kier alpha value is -2.13. The fourth-order valence-corrected chi connectivity index (χ4v) is 2.59. The van der Waals surface area contributed by atoms with Gasteiger partial charge in [-0.15, -0.1) is 0 Å². The number of hydrogen-bond donors (Lipinski definition) is 1. The van der Waals surface area contributed by atoms with Gasteiger partial charge in [0.25, 0.3) is 0 Å². The molecule has 0 aliphatic rings. The molecular weight excluding hydrogens is 284 g/mol. The van der Waals surface area contributed by atoms with Crippen LogP contribution in [0.3, 0.4) is 0 Å². The third-order valence-corrected chi connectivity index (χ3v) is 4.03. The van der Waals surface area contributed by atoms with Crippen LogP contribution in [-0.4, -0.2) is 23.9 Å². The Labute approximate surface area is 139 Å². The van der Waals surface area contributed by atoms with E-state index in [1.54, 1.807) is 0 Å². The van der Waals surface area contributed by atoms with Crippen LogP contribution in [0.25, 0.3) is 0 Å². The molecule has 2 aromatic rings. The van der Waals surface area contributed by atoms with E-state index in [4.69, 9.17) is 0 Å². The molecule has 1 atom stereocenters. The highest BCUT2D eigenvalue weighted by molar-refractivity contribution is 5.76. The van der Waals surface area contributed by atoms with Gasteiger partial charge in [0.1, 0.15) is 0 Å². The van der Waals surface area contributed by atoms with Gasteiger partial charge in [-0.2, -0.15) is 0 Å². The van der Waals surface area contributed by atoms with Crippen LogP contribution in [0, 0.1) is 0 Å². The molecule has 2 rings (SSSR count). The molecule has 23 heavy (non-hydrogen) atoms. The van der Waals surface area contributed by atoms with E-state index in [2.05, 4.69) is 41.4 Å². The quantitative estimate of drug-likeness (QED) is 0.805. The molecule has 122 valence electrons. The summed E-state index contributed by atoms with van der Waals surface area (Å²) in [5.74, 6) is 0.105. The number of benzene rings is 2. The van der Waals surface area contributed by atoms with Gasteiger partial charge in [-0.05, 0) is 24.6 Å². The average Bonchev–Trinajstić information content (AvgIpc) is 2.60. The van der Waals surface area contributed by atoms with Crippen molar-refractivity contribution in [3.63, 3.8) is 0 Å². The molecule has 0 heterocycles. The van der Waals surface area contributed by atoms with Crippen LogP contribution in [0.4, 0.5) is 0 Å². The van der Waals surface area contributed by atoms with Gasteiger partial charge in [0.15, 0.2) is 0 Å². The van der Waals surface area contributed by atoms with Crippen LogP contribution >= 0.6 is 0 Å². The summed E-state index contributed by atoms with van der Waals surface area (Å²) >= 11 is 0. The zero-order valence-corrected chi connectivity index (χ0v) is 14.0. The van der Waals surface area contributed by atoms with Crippen LogP contribution < -0.4 is 5.32 Å². The minimum absolute atomic E-state index is 0.0490. The van der Waals surface area contributed by atoms with Gasteiger partial charge in [-0.3, -0.25) is 9.69 Å². The molecule has 0 saturated carbocycles. The lowest BCUT2D eigenvalue weighted by Crippen LogP contribution is -2.32. The smallest absolute Gasteiger partial charge is 0.221 e. The molecule has 0 aliphatic heterocycles. The molecule has 1 unspecified atom stereocenters. The zero-order valence-electron chi connectivity index (χ0n) is 14.0. The molecule has 1 amide bonds. The Morgan fingerprint density at radius 2 is 1.65 bits per heavy atom. The fourth-order valence-electron chi connectivity index (χ4n) is 2.59. The third kappa shape index (κ3) is 5.87. The second kappa shape index (κ2) is 9.11. The van der Waals surface area contributed by atoms with Gasteiger partial charge in [-0.25, -0.2) is 0 Å². The van der Waals surface area contributed by atoms with Crippen molar-refractivity contribution in [3.8, 4) is 0 Å². The maximum atomic E-state index is 12.2. The summed E-state index contributed by atoms with van der Waals surface area (Å²) in [6, 6.07) is 20.5. The number of carbonyl (C=O) groups excluding carboxylic acids is 1. The minimum atomic E-state index is 0.0490. The Kier molecular flexibility index (Phi) is 6.82. The lowest BCUT2D eigenvalue weighted by atomic mass is 10.1. The summed E-state index contributed by atoms with van der Waals surface area (Å²) in [6.07, 6.45) is 0.526. The molecule has 0 aromatic heterocycles. The van der Waals surface area contributed by atoms with E-state index in [9.17, 15) is 4.79 Å². The number of rotatable bonds is 8. The van der Waals surface area contributed by atoms with Crippen LogP contribution in [0.15, 0.2) is 60.7 Å². The monoisotopic (exact) mass is 310 g/mol. The lowest BCUT2D eigenvalue weighted by molar-refractivity contribution is -0.122.